The molecule has 0 saturated heterocycles. The highest BCUT2D eigenvalue weighted by molar-refractivity contribution is 5.71. The van der Waals surface area contributed by atoms with E-state index in [0.29, 0.717) is 19.3 Å². The molecule has 292 valence electrons. The summed E-state index contributed by atoms with van der Waals surface area (Å²) in [6.45, 7) is 6.29. The van der Waals surface area contributed by atoms with Crippen LogP contribution in [0.1, 0.15) is 188 Å². The summed E-state index contributed by atoms with van der Waals surface area (Å²) >= 11 is 0. The number of carbonyl (C=O) groups is 3. The molecular weight excluding hydrogens is 636 g/mol. The van der Waals surface area contributed by atoms with Gasteiger partial charge in [-0.15, -0.1) is 0 Å². The van der Waals surface area contributed by atoms with E-state index in [9.17, 15) is 14.4 Å². The lowest BCUT2D eigenvalue weighted by molar-refractivity contribution is -0.167. The molecule has 0 saturated carbocycles. The molecule has 0 aromatic rings. The van der Waals surface area contributed by atoms with Gasteiger partial charge in [0, 0.05) is 19.3 Å². The van der Waals surface area contributed by atoms with Crippen molar-refractivity contribution in [2.75, 3.05) is 13.2 Å². The third-order valence-corrected chi connectivity index (χ3v) is 8.52. The smallest absolute Gasteiger partial charge is 0.306 e. The highest BCUT2D eigenvalue weighted by atomic mass is 16.6. The summed E-state index contributed by atoms with van der Waals surface area (Å²) in [4.78, 5) is 37.5. The average molecular weight is 713 g/mol. The van der Waals surface area contributed by atoms with Crippen molar-refractivity contribution in [1.82, 2.24) is 0 Å². The lowest BCUT2D eigenvalue weighted by atomic mass is 10.0. The van der Waals surface area contributed by atoms with Crippen LogP contribution in [0.15, 0.2) is 60.8 Å². The molecule has 0 aromatic heterocycles. The van der Waals surface area contributed by atoms with Crippen LogP contribution in [-0.2, 0) is 28.6 Å². The topological polar surface area (TPSA) is 78.9 Å². The minimum Gasteiger partial charge on any atom is -0.462 e. The molecule has 1 atom stereocenters. The molecule has 0 radical (unpaired) electrons. The molecule has 0 spiro atoms. The molecule has 51 heavy (non-hydrogen) atoms. The number of allylic oxidation sites excluding steroid dienone is 10. The monoisotopic (exact) mass is 713 g/mol. The van der Waals surface area contributed by atoms with Gasteiger partial charge in [-0.25, -0.2) is 0 Å². The van der Waals surface area contributed by atoms with Crippen LogP contribution in [0.2, 0.25) is 0 Å². The van der Waals surface area contributed by atoms with Crippen molar-refractivity contribution in [2.45, 2.75) is 194 Å². The van der Waals surface area contributed by atoms with Gasteiger partial charge < -0.3 is 14.2 Å². The summed E-state index contributed by atoms with van der Waals surface area (Å²) < 4.78 is 16.5. The molecule has 0 amide bonds. The highest BCUT2D eigenvalue weighted by Gasteiger charge is 2.19. The van der Waals surface area contributed by atoms with Crippen molar-refractivity contribution in [1.29, 1.82) is 0 Å². The fourth-order valence-corrected chi connectivity index (χ4v) is 5.44. The Labute approximate surface area is 313 Å². The number of rotatable bonds is 36. The summed E-state index contributed by atoms with van der Waals surface area (Å²) in [6.07, 6.45) is 46.5. The van der Waals surface area contributed by atoms with Crippen molar-refractivity contribution in [3.05, 3.63) is 60.8 Å². The van der Waals surface area contributed by atoms with Crippen molar-refractivity contribution in [2.24, 2.45) is 0 Å². The maximum atomic E-state index is 12.6. The predicted octanol–water partition coefficient (Wildman–Crippen LogP) is 13.0. The lowest BCUT2D eigenvalue weighted by Gasteiger charge is -2.18. The van der Waals surface area contributed by atoms with Crippen LogP contribution in [0.4, 0.5) is 0 Å². The van der Waals surface area contributed by atoms with Gasteiger partial charge in [0.2, 0.25) is 0 Å². The zero-order valence-electron chi connectivity index (χ0n) is 33.1. The average Bonchev–Trinajstić information content (AvgIpc) is 3.12. The van der Waals surface area contributed by atoms with E-state index in [1.54, 1.807) is 0 Å². The second kappa shape index (κ2) is 39.9. The Morgan fingerprint density at radius 1 is 0.412 bits per heavy atom. The normalized spacial score (nSPS) is 12.6. The number of carbonyl (C=O) groups excluding carboxylic acids is 3. The molecule has 0 bridgehead atoms. The van der Waals surface area contributed by atoms with Gasteiger partial charge in [0.25, 0.3) is 0 Å². The van der Waals surface area contributed by atoms with Crippen LogP contribution >= 0.6 is 0 Å². The number of hydrogen-bond acceptors (Lipinski definition) is 6. The molecule has 6 nitrogen and oxygen atoms in total. The lowest BCUT2D eigenvalue weighted by Crippen LogP contribution is -2.30. The quantitative estimate of drug-likeness (QED) is 0.0278. The fraction of sp³-hybridized carbons (Fsp3) is 0.711. The van der Waals surface area contributed by atoms with E-state index in [1.807, 2.05) is 0 Å². The second-order valence-corrected chi connectivity index (χ2v) is 13.5. The number of ether oxygens (including phenoxy) is 3. The van der Waals surface area contributed by atoms with E-state index < -0.39 is 6.10 Å². The largest absolute Gasteiger partial charge is 0.462 e. The molecule has 0 rings (SSSR count). The van der Waals surface area contributed by atoms with Gasteiger partial charge in [-0.05, 0) is 70.6 Å². The third-order valence-electron chi connectivity index (χ3n) is 8.52. The molecule has 0 aromatic carbocycles. The SMILES string of the molecule is CC/C=C\C/C=C\C/C=C\CCCC(=O)OC(COC(=O)CCCC/C=C\C/C=C\CC)COC(=O)CCCCCCCCCCCCCCC. The van der Waals surface area contributed by atoms with E-state index in [-0.39, 0.29) is 37.5 Å². The van der Waals surface area contributed by atoms with Gasteiger partial charge in [-0.2, -0.15) is 0 Å². The first-order valence-corrected chi connectivity index (χ1v) is 20.8. The van der Waals surface area contributed by atoms with Crippen LogP contribution in [0, 0.1) is 0 Å². The zero-order chi connectivity index (χ0) is 37.3. The Bertz CT molecular complexity index is 960. The Balaban J connectivity index is 4.45. The molecule has 6 heteroatoms. The van der Waals surface area contributed by atoms with Gasteiger partial charge >= 0.3 is 17.9 Å². The minimum absolute atomic E-state index is 0.104. The fourth-order valence-electron chi connectivity index (χ4n) is 5.44. The molecule has 0 aliphatic carbocycles. The van der Waals surface area contributed by atoms with Crippen LogP contribution < -0.4 is 0 Å². The molecular formula is C45H76O6. The second-order valence-electron chi connectivity index (χ2n) is 13.5. The summed E-state index contributed by atoms with van der Waals surface area (Å²) in [5.41, 5.74) is 0. The zero-order valence-corrected chi connectivity index (χ0v) is 33.1. The summed E-state index contributed by atoms with van der Waals surface area (Å²) in [5, 5.41) is 0. The van der Waals surface area contributed by atoms with E-state index in [1.165, 1.54) is 64.2 Å². The van der Waals surface area contributed by atoms with Crippen molar-refractivity contribution in [3.63, 3.8) is 0 Å². The minimum atomic E-state index is -0.807. The Hall–Kier alpha value is -2.89. The number of unbranched alkanes of at least 4 members (excludes halogenated alkanes) is 15. The van der Waals surface area contributed by atoms with E-state index in [0.717, 1.165) is 77.0 Å². The Kier molecular flexibility index (Phi) is 37.6. The van der Waals surface area contributed by atoms with Crippen molar-refractivity contribution < 1.29 is 28.6 Å². The van der Waals surface area contributed by atoms with Crippen LogP contribution in [0.5, 0.6) is 0 Å². The van der Waals surface area contributed by atoms with Crippen molar-refractivity contribution >= 4 is 17.9 Å². The van der Waals surface area contributed by atoms with Crippen molar-refractivity contribution in [3.8, 4) is 0 Å². The van der Waals surface area contributed by atoms with Crippen LogP contribution in [0.25, 0.3) is 0 Å². The molecule has 0 heterocycles. The summed E-state index contributed by atoms with van der Waals surface area (Å²) in [6, 6.07) is 0. The molecule has 0 N–H and O–H groups in total. The predicted molar refractivity (Wildman–Crippen MR) is 215 cm³/mol. The maximum Gasteiger partial charge on any atom is 0.306 e. The molecule has 0 aliphatic rings. The first-order valence-electron chi connectivity index (χ1n) is 20.8. The van der Waals surface area contributed by atoms with Gasteiger partial charge in [-0.3, -0.25) is 14.4 Å². The Morgan fingerprint density at radius 2 is 0.784 bits per heavy atom. The highest BCUT2D eigenvalue weighted by Crippen LogP contribution is 2.14. The standard InChI is InChI=1S/C45H76O6/c1-4-7-10-13-16-19-21-22-24-26-29-32-35-38-44(47)50-41-42(40-49-43(46)37-34-31-28-25-18-15-12-9-6-3)51-45(48)39-36-33-30-27-23-20-17-14-11-8-5-2/h8-9,11-12,17-18,20,25,27,30,42H,4-7,10,13-16,19,21-24,26,28-29,31-41H2,1-3H3/b11-8-,12-9-,20-17-,25-18-,30-27-. The molecule has 1 unspecified atom stereocenters. The van der Waals surface area contributed by atoms with E-state index >= 15 is 0 Å². The Morgan fingerprint density at radius 3 is 1.25 bits per heavy atom. The maximum absolute atomic E-state index is 12.6. The van der Waals surface area contributed by atoms with Crippen LogP contribution in [0.3, 0.4) is 0 Å². The van der Waals surface area contributed by atoms with E-state index in [2.05, 4.69) is 81.5 Å². The molecule has 0 fully saturated rings. The first-order chi connectivity index (χ1) is 25.0. The van der Waals surface area contributed by atoms with Crippen LogP contribution in [-0.4, -0.2) is 37.2 Å². The molecule has 0 aliphatic heterocycles. The number of hydrogen-bond donors (Lipinski definition) is 0. The first kappa shape index (κ1) is 48.1. The third kappa shape index (κ3) is 38.2. The van der Waals surface area contributed by atoms with Gasteiger partial charge in [0.15, 0.2) is 6.10 Å². The van der Waals surface area contributed by atoms with Gasteiger partial charge in [0.1, 0.15) is 13.2 Å². The number of esters is 3. The van der Waals surface area contributed by atoms with Gasteiger partial charge in [0.05, 0.1) is 0 Å². The summed E-state index contributed by atoms with van der Waals surface area (Å²) in [5.74, 6) is -1.01. The van der Waals surface area contributed by atoms with Gasteiger partial charge in [-0.1, -0.05) is 159 Å². The summed E-state index contributed by atoms with van der Waals surface area (Å²) in [7, 11) is 0. The van der Waals surface area contributed by atoms with E-state index in [4.69, 9.17) is 14.2 Å².